The smallest absolute Gasteiger partial charge is 0.345 e. The minimum absolute atomic E-state index is 0.0521. The molecule has 2 aromatic rings. The molecule has 0 aliphatic carbocycles. The minimum Gasteiger partial charge on any atom is -0.423 e. The highest BCUT2D eigenvalue weighted by Gasteiger charge is 2.17. The predicted octanol–water partition coefficient (Wildman–Crippen LogP) is 4.23. The highest BCUT2D eigenvalue weighted by atomic mass is 79.9. The molecule has 102 valence electrons. The van der Waals surface area contributed by atoms with Gasteiger partial charge in [0, 0.05) is 16.6 Å². The van der Waals surface area contributed by atoms with Gasteiger partial charge < -0.3 is 4.74 Å². The average molecular weight is 357 g/mol. The van der Waals surface area contributed by atoms with Crippen molar-refractivity contribution in [3.05, 3.63) is 67.6 Å². The van der Waals surface area contributed by atoms with Crippen molar-refractivity contribution in [2.24, 2.45) is 0 Å². The Hall–Kier alpha value is -1.92. The molecular weight excluding hydrogens is 350 g/mol. The number of non-ortho nitro benzene ring substituents is 1. The first-order valence-electron chi connectivity index (χ1n) is 5.39. The van der Waals surface area contributed by atoms with Crippen molar-refractivity contribution in [3.63, 3.8) is 0 Å². The molecule has 5 nitrogen and oxygen atoms in total. The van der Waals surface area contributed by atoms with E-state index in [4.69, 9.17) is 16.3 Å². The molecule has 0 amide bonds. The Morgan fingerprint density at radius 1 is 1.20 bits per heavy atom. The third kappa shape index (κ3) is 3.34. The molecule has 0 aliphatic heterocycles. The van der Waals surface area contributed by atoms with Gasteiger partial charge in [-0.1, -0.05) is 27.5 Å². The van der Waals surface area contributed by atoms with Gasteiger partial charge in [-0.05, 0) is 30.3 Å². The molecule has 0 saturated carbocycles. The Morgan fingerprint density at radius 2 is 1.85 bits per heavy atom. The fourth-order valence-electron chi connectivity index (χ4n) is 1.45. The maximum Gasteiger partial charge on any atom is 0.345 e. The zero-order valence-corrected chi connectivity index (χ0v) is 12.2. The summed E-state index contributed by atoms with van der Waals surface area (Å²) in [6, 6.07) is 10.2. The van der Waals surface area contributed by atoms with Crippen molar-refractivity contribution in [2.45, 2.75) is 0 Å². The molecule has 0 aliphatic rings. The lowest BCUT2D eigenvalue weighted by Crippen LogP contribution is -2.09. The number of carbonyl (C=O) groups is 1. The lowest BCUT2D eigenvalue weighted by molar-refractivity contribution is -0.384. The van der Waals surface area contributed by atoms with E-state index in [9.17, 15) is 14.9 Å². The van der Waals surface area contributed by atoms with E-state index < -0.39 is 10.9 Å². The Morgan fingerprint density at radius 3 is 2.45 bits per heavy atom. The normalized spacial score (nSPS) is 10.1. The summed E-state index contributed by atoms with van der Waals surface area (Å²) >= 11 is 9.11. The third-order valence-corrected chi connectivity index (χ3v) is 3.26. The van der Waals surface area contributed by atoms with Crippen molar-refractivity contribution in [1.82, 2.24) is 0 Å². The summed E-state index contributed by atoms with van der Waals surface area (Å²) in [7, 11) is 0. The van der Waals surface area contributed by atoms with Crippen LogP contribution >= 0.6 is 27.5 Å². The molecule has 0 saturated heterocycles. The molecule has 7 heteroatoms. The summed E-state index contributed by atoms with van der Waals surface area (Å²) in [5.41, 5.74) is -0.277. The number of rotatable bonds is 3. The van der Waals surface area contributed by atoms with Crippen LogP contribution in [0.3, 0.4) is 0 Å². The molecule has 20 heavy (non-hydrogen) atoms. The lowest BCUT2D eigenvalue weighted by Gasteiger charge is -2.05. The van der Waals surface area contributed by atoms with Crippen LogP contribution in [0.2, 0.25) is 5.02 Å². The van der Waals surface area contributed by atoms with E-state index in [1.807, 2.05) is 0 Å². The van der Waals surface area contributed by atoms with Crippen molar-refractivity contribution >= 4 is 39.2 Å². The van der Waals surface area contributed by atoms with Crippen molar-refractivity contribution in [3.8, 4) is 5.75 Å². The lowest BCUT2D eigenvalue weighted by atomic mass is 10.2. The van der Waals surface area contributed by atoms with E-state index in [-0.39, 0.29) is 16.3 Å². The van der Waals surface area contributed by atoms with Gasteiger partial charge in [0.15, 0.2) is 0 Å². The zero-order chi connectivity index (χ0) is 14.7. The second kappa shape index (κ2) is 6.02. The fourth-order valence-corrected chi connectivity index (χ4v) is 1.91. The average Bonchev–Trinajstić information content (AvgIpc) is 2.41. The topological polar surface area (TPSA) is 69.4 Å². The summed E-state index contributed by atoms with van der Waals surface area (Å²) in [5, 5.41) is 10.8. The van der Waals surface area contributed by atoms with Crippen LogP contribution in [0.4, 0.5) is 5.69 Å². The predicted molar refractivity (Wildman–Crippen MR) is 77.2 cm³/mol. The number of ether oxygens (including phenoxy) is 1. The monoisotopic (exact) mass is 355 g/mol. The Kier molecular flexibility index (Phi) is 4.36. The fraction of sp³-hybridized carbons (Fsp3) is 0. The maximum absolute atomic E-state index is 12.0. The molecule has 0 fully saturated rings. The first-order chi connectivity index (χ1) is 9.47. The highest BCUT2D eigenvalue weighted by Crippen LogP contribution is 2.24. The molecule has 0 spiro atoms. The summed E-state index contributed by atoms with van der Waals surface area (Å²) in [6.45, 7) is 0. The molecule has 0 N–H and O–H groups in total. The van der Waals surface area contributed by atoms with Crippen molar-refractivity contribution in [1.29, 1.82) is 0 Å². The molecule has 0 aromatic heterocycles. The van der Waals surface area contributed by atoms with E-state index in [2.05, 4.69) is 15.9 Å². The minimum atomic E-state index is -0.749. The summed E-state index contributed by atoms with van der Waals surface area (Å²) in [4.78, 5) is 22.0. The molecule has 2 rings (SSSR count). The molecule has 0 heterocycles. The quantitative estimate of drug-likeness (QED) is 0.357. The zero-order valence-electron chi connectivity index (χ0n) is 9.88. The third-order valence-electron chi connectivity index (χ3n) is 2.40. The van der Waals surface area contributed by atoms with Crippen molar-refractivity contribution in [2.75, 3.05) is 0 Å². The van der Waals surface area contributed by atoms with Gasteiger partial charge in [0.25, 0.3) is 5.69 Å². The number of hydrogen-bond donors (Lipinski definition) is 0. The molecule has 0 bridgehead atoms. The van der Waals surface area contributed by atoms with Gasteiger partial charge in [0.2, 0.25) is 0 Å². The highest BCUT2D eigenvalue weighted by molar-refractivity contribution is 9.10. The standard InChI is InChI=1S/C13H7BrClNO4/c14-8-1-4-10(5-2-8)20-13(17)11-7-9(16(18)19)3-6-12(11)15/h1-7H. The number of nitro benzene ring substituents is 1. The second-order valence-electron chi connectivity index (χ2n) is 3.76. The second-order valence-corrected chi connectivity index (χ2v) is 5.09. The van der Waals surface area contributed by atoms with Crippen LogP contribution < -0.4 is 4.74 Å². The number of nitrogens with zero attached hydrogens (tertiary/aromatic N) is 1. The van der Waals surface area contributed by atoms with Crippen LogP contribution in [0, 0.1) is 10.1 Å². The first-order valence-corrected chi connectivity index (χ1v) is 6.56. The van der Waals surface area contributed by atoms with E-state index in [1.54, 1.807) is 24.3 Å². The van der Waals surface area contributed by atoms with Crippen molar-refractivity contribution < 1.29 is 14.5 Å². The van der Waals surface area contributed by atoms with Crippen LogP contribution in [0.1, 0.15) is 10.4 Å². The van der Waals surface area contributed by atoms with E-state index in [0.717, 1.165) is 10.5 Å². The van der Waals surface area contributed by atoms with E-state index >= 15 is 0 Å². The molecule has 0 atom stereocenters. The summed E-state index contributed by atoms with van der Waals surface area (Å²) in [6.07, 6.45) is 0. The summed E-state index contributed by atoms with van der Waals surface area (Å²) < 4.78 is 5.94. The van der Waals surface area contributed by atoms with Gasteiger partial charge in [-0.25, -0.2) is 4.79 Å². The van der Waals surface area contributed by atoms with Gasteiger partial charge in [0.05, 0.1) is 15.5 Å². The molecule has 0 radical (unpaired) electrons. The van der Waals surface area contributed by atoms with Gasteiger partial charge >= 0.3 is 5.97 Å². The van der Waals surface area contributed by atoms with Gasteiger partial charge in [-0.3, -0.25) is 10.1 Å². The van der Waals surface area contributed by atoms with Gasteiger partial charge in [0.1, 0.15) is 5.75 Å². The van der Waals surface area contributed by atoms with Crippen LogP contribution in [0.25, 0.3) is 0 Å². The number of hydrogen-bond acceptors (Lipinski definition) is 4. The van der Waals surface area contributed by atoms with Crippen LogP contribution in [-0.2, 0) is 0 Å². The number of esters is 1. The number of benzene rings is 2. The number of carbonyl (C=O) groups excluding carboxylic acids is 1. The molecule has 0 unspecified atom stereocenters. The summed E-state index contributed by atoms with van der Waals surface area (Å²) in [5.74, 6) is -0.429. The Labute approximate surface area is 127 Å². The first kappa shape index (κ1) is 14.5. The van der Waals surface area contributed by atoms with Crippen LogP contribution in [0.15, 0.2) is 46.9 Å². The van der Waals surface area contributed by atoms with Gasteiger partial charge in [-0.2, -0.15) is 0 Å². The molecule has 2 aromatic carbocycles. The largest absolute Gasteiger partial charge is 0.423 e. The number of halogens is 2. The Bertz CT molecular complexity index is 673. The van der Waals surface area contributed by atoms with Crippen LogP contribution in [0.5, 0.6) is 5.75 Å². The van der Waals surface area contributed by atoms with Gasteiger partial charge in [-0.15, -0.1) is 0 Å². The molecular formula is C13H7BrClNO4. The Balaban J connectivity index is 2.26. The van der Waals surface area contributed by atoms with Crippen LogP contribution in [-0.4, -0.2) is 10.9 Å². The van der Waals surface area contributed by atoms with E-state index in [0.29, 0.717) is 5.75 Å². The SMILES string of the molecule is O=C(Oc1ccc(Br)cc1)c1cc([N+](=O)[O-])ccc1Cl. The van der Waals surface area contributed by atoms with E-state index in [1.165, 1.54) is 12.1 Å². The number of nitro groups is 1. The maximum atomic E-state index is 12.0.